The Morgan fingerprint density at radius 2 is 1.93 bits per heavy atom. The van der Waals surface area contributed by atoms with Crippen molar-refractivity contribution >= 4 is 5.97 Å². The zero-order chi connectivity index (χ0) is 19.3. The molecule has 2 heterocycles. The van der Waals surface area contributed by atoms with E-state index < -0.39 is 11.8 Å². The van der Waals surface area contributed by atoms with Gasteiger partial charge in [0.15, 0.2) is 0 Å². The van der Waals surface area contributed by atoms with Gasteiger partial charge in [-0.25, -0.2) is 9.78 Å². The van der Waals surface area contributed by atoms with Gasteiger partial charge in [-0.15, -0.1) is 0 Å². The fraction of sp³-hybridized carbons (Fsp3) is 0.524. The Morgan fingerprint density at radius 3 is 2.59 bits per heavy atom. The van der Waals surface area contributed by atoms with Crippen LogP contribution in [0.3, 0.4) is 0 Å². The Hall–Kier alpha value is -2.18. The molecule has 0 atom stereocenters. The lowest BCUT2D eigenvalue weighted by atomic mass is 10.0. The Morgan fingerprint density at radius 1 is 1.22 bits per heavy atom. The molecule has 6 heteroatoms. The van der Waals surface area contributed by atoms with Crippen molar-refractivity contribution in [2.45, 2.75) is 45.3 Å². The summed E-state index contributed by atoms with van der Waals surface area (Å²) in [6.07, 6.45) is 3.93. The molecule has 1 aromatic carbocycles. The molecule has 0 spiro atoms. The molecule has 0 radical (unpaired) electrons. The van der Waals surface area contributed by atoms with Crippen LogP contribution in [0.5, 0.6) is 0 Å². The number of esters is 1. The van der Waals surface area contributed by atoms with E-state index in [1.807, 2.05) is 37.3 Å². The fourth-order valence-corrected chi connectivity index (χ4v) is 3.20. The number of aromatic nitrogens is 1. The van der Waals surface area contributed by atoms with Gasteiger partial charge in [-0.2, -0.15) is 0 Å². The minimum absolute atomic E-state index is 0.293. The maximum Gasteiger partial charge on any atom is 0.366 e. The summed E-state index contributed by atoms with van der Waals surface area (Å²) in [6, 6.07) is 9.94. The van der Waals surface area contributed by atoms with Crippen molar-refractivity contribution in [1.29, 1.82) is 0 Å². The lowest BCUT2D eigenvalue weighted by Gasteiger charge is -2.35. The van der Waals surface area contributed by atoms with E-state index in [1.165, 1.54) is 7.11 Å². The van der Waals surface area contributed by atoms with Crippen LogP contribution in [0.4, 0.5) is 0 Å². The number of carbonyl (C=O) groups excluding carboxylic acids is 1. The summed E-state index contributed by atoms with van der Waals surface area (Å²) in [7, 11) is 1.33. The highest BCUT2D eigenvalue weighted by Crippen LogP contribution is 2.26. The molecule has 1 saturated heterocycles. The van der Waals surface area contributed by atoms with Crippen molar-refractivity contribution in [3.63, 3.8) is 0 Å². The van der Waals surface area contributed by atoms with Crippen LogP contribution in [0.1, 0.15) is 37.6 Å². The number of hydrogen-bond donors (Lipinski definition) is 0. The number of methoxy groups -OCH3 is 1. The maximum absolute atomic E-state index is 11.7. The number of rotatable bonds is 7. The van der Waals surface area contributed by atoms with Crippen molar-refractivity contribution in [1.82, 2.24) is 4.98 Å². The molecule has 1 aromatic heterocycles. The molecule has 146 valence electrons. The van der Waals surface area contributed by atoms with Crippen molar-refractivity contribution in [3.05, 3.63) is 41.8 Å². The van der Waals surface area contributed by atoms with Crippen LogP contribution in [0.25, 0.3) is 11.5 Å². The average Bonchev–Trinajstić information content (AvgIpc) is 3.07. The molecule has 2 aromatic rings. The van der Waals surface area contributed by atoms with Gasteiger partial charge in [0, 0.05) is 18.4 Å². The van der Waals surface area contributed by atoms with E-state index in [0.717, 1.165) is 42.7 Å². The third kappa shape index (κ3) is 4.76. The molecular weight excluding hydrogens is 346 g/mol. The van der Waals surface area contributed by atoms with E-state index in [2.05, 4.69) is 4.98 Å². The van der Waals surface area contributed by atoms with Gasteiger partial charge in [-0.1, -0.05) is 24.6 Å². The fourth-order valence-electron chi connectivity index (χ4n) is 3.20. The molecule has 1 aliphatic heterocycles. The highest BCUT2D eigenvalue weighted by molar-refractivity contribution is 5.77. The summed E-state index contributed by atoms with van der Waals surface area (Å²) in [6.45, 7) is 4.58. The van der Waals surface area contributed by atoms with Crippen LogP contribution in [0.2, 0.25) is 0 Å². The molecule has 0 aliphatic carbocycles. The largest absolute Gasteiger partial charge is 0.465 e. The highest BCUT2D eigenvalue weighted by Gasteiger charge is 2.41. The summed E-state index contributed by atoms with van der Waals surface area (Å²) < 4.78 is 21.7. The molecule has 0 N–H and O–H groups in total. The van der Waals surface area contributed by atoms with Gasteiger partial charge < -0.3 is 18.6 Å². The van der Waals surface area contributed by atoms with E-state index in [-0.39, 0.29) is 0 Å². The SMILES string of the molecule is COC(=O)C1(C)OCC(CCCCc2nc(-c3ccccc3)oc2C)CO1. The summed E-state index contributed by atoms with van der Waals surface area (Å²) in [5.74, 6) is 0.0979. The van der Waals surface area contributed by atoms with Gasteiger partial charge in [0.2, 0.25) is 5.89 Å². The van der Waals surface area contributed by atoms with E-state index in [4.69, 9.17) is 18.6 Å². The first kappa shape index (κ1) is 19.6. The van der Waals surface area contributed by atoms with Gasteiger partial charge >= 0.3 is 5.97 Å². The molecule has 1 aliphatic rings. The third-order valence-corrected chi connectivity index (χ3v) is 4.93. The minimum Gasteiger partial charge on any atom is -0.465 e. The summed E-state index contributed by atoms with van der Waals surface area (Å²) in [5.41, 5.74) is 2.01. The van der Waals surface area contributed by atoms with Gasteiger partial charge in [0.05, 0.1) is 26.0 Å². The summed E-state index contributed by atoms with van der Waals surface area (Å²) in [5, 5.41) is 0. The van der Waals surface area contributed by atoms with Crippen LogP contribution in [0.15, 0.2) is 34.7 Å². The maximum atomic E-state index is 11.7. The number of hydrogen-bond acceptors (Lipinski definition) is 6. The summed E-state index contributed by atoms with van der Waals surface area (Å²) in [4.78, 5) is 16.3. The standard InChI is InChI=1S/C21H27NO5/c1-15-18(22-19(27-15)17-10-5-4-6-11-17)12-8-7-9-16-13-25-21(2,26-14-16)20(23)24-3/h4-6,10-11,16H,7-9,12-14H2,1-3H3. The van der Waals surface area contributed by atoms with E-state index in [0.29, 0.717) is 25.0 Å². The topological polar surface area (TPSA) is 70.8 Å². The minimum atomic E-state index is -1.27. The Kier molecular flexibility index (Phi) is 6.29. The third-order valence-electron chi connectivity index (χ3n) is 4.93. The van der Waals surface area contributed by atoms with Crippen LogP contribution < -0.4 is 0 Å². The van der Waals surface area contributed by atoms with Crippen LogP contribution in [-0.2, 0) is 25.4 Å². The van der Waals surface area contributed by atoms with Crippen molar-refractivity contribution < 1.29 is 23.4 Å². The number of carbonyl (C=O) groups is 1. The number of nitrogens with zero attached hydrogens (tertiary/aromatic N) is 1. The van der Waals surface area contributed by atoms with Crippen LogP contribution in [-0.4, -0.2) is 37.1 Å². The van der Waals surface area contributed by atoms with E-state index in [1.54, 1.807) is 6.92 Å². The molecule has 1 fully saturated rings. The lowest BCUT2D eigenvalue weighted by molar-refractivity contribution is -0.272. The molecule has 0 amide bonds. The second kappa shape index (κ2) is 8.67. The normalized spacial score (nSPS) is 22.6. The highest BCUT2D eigenvalue weighted by atomic mass is 16.7. The smallest absolute Gasteiger partial charge is 0.366 e. The molecular formula is C21H27NO5. The van der Waals surface area contributed by atoms with Gasteiger partial charge in [-0.3, -0.25) is 0 Å². The molecule has 3 rings (SSSR count). The molecule has 0 bridgehead atoms. The number of unbranched alkanes of at least 4 members (excludes halogenated alkanes) is 1. The Bertz CT molecular complexity index is 747. The average molecular weight is 373 g/mol. The Balaban J connectivity index is 1.43. The first-order valence-electron chi connectivity index (χ1n) is 9.40. The number of benzene rings is 1. The number of ether oxygens (including phenoxy) is 3. The first-order chi connectivity index (χ1) is 13.0. The van der Waals surface area contributed by atoms with Gasteiger partial charge in [-0.05, 0) is 38.3 Å². The molecule has 27 heavy (non-hydrogen) atoms. The Labute approximate surface area is 159 Å². The molecule has 6 nitrogen and oxygen atoms in total. The second-order valence-electron chi connectivity index (χ2n) is 7.06. The first-order valence-corrected chi connectivity index (χ1v) is 9.40. The predicted molar refractivity (Wildman–Crippen MR) is 100 cm³/mol. The van der Waals surface area contributed by atoms with Gasteiger partial charge in [0.25, 0.3) is 5.79 Å². The summed E-state index contributed by atoms with van der Waals surface area (Å²) >= 11 is 0. The number of aryl methyl sites for hydroxylation is 2. The second-order valence-corrected chi connectivity index (χ2v) is 7.06. The van der Waals surface area contributed by atoms with E-state index in [9.17, 15) is 4.79 Å². The zero-order valence-electron chi connectivity index (χ0n) is 16.2. The van der Waals surface area contributed by atoms with Crippen LogP contribution >= 0.6 is 0 Å². The molecule has 0 saturated carbocycles. The lowest BCUT2D eigenvalue weighted by Crippen LogP contribution is -2.48. The van der Waals surface area contributed by atoms with E-state index >= 15 is 0 Å². The predicted octanol–water partition coefficient (Wildman–Crippen LogP) is 3.92. The molecule has 0 unspecified atom stereocenters. The van der Waals surface area contributed by atoms with Crippen molar-refractivity contribution in [2.75, 3.05) is 20.3 Å². The quantitative estimate of drug-likeness (QED) is 0.541. The zero-order valence-corrected chi connectivity index (χ0v) is 16.2. The van der Waals surface area contributed by atoms with Crippen molar-refractivity contribution in [3.8, 4) is 11.5 Å². The van der Waals surface area contributed by atoms with Gasteiger partial charge in [0.1, 0.15) is 5.76 Å². The monoisotopic (exact) mass is 373 g/mol. The number of oxazole rings is 1. The van der Waals surface area contributed by atoms with Crippen LogP contribution in [0, 0.1) is 12.8 Å². The van der Waals surface area contributed by atoms with Crippen molar-refractivity contribution in [2.24, 2.45) is 5.92 Å².